The van der Waals surface area contributed by atoms with Crippen molar-refractivity contribution >= 4 is 11.9 Å². The molecule has 2 N–H and O–H groups in total. The van der Waals surface area contributed by atoms with Crippen molar-refractivity contribution in [3.05, 3.63) is 24.3 Å². The van der Waals surface area contributed by atoms with E-state index in [1.165, 1.54) is 141 Å². The SMILES string of the molecule is CCCCCCCCC=CCCCCCCCC(=O)OCC(CO)OC(CO)COC(=O)C=CCCCCCCCCCCCCCCC. The van der Waals surface area contributed by atoms with Gasteiger partial charge in [0.25, 0.3) is 0 Å². The second-order valence-corrected chi connectivity index (χ2v) is 13.8. The van der Waals surface area contributed by atoms with Gasteiger partial charge in [-0.2, -0.15) is 0 Å². The van der Waals surface area contributed by atoms with Crippen LogP contribution in [0.25, 0.3) is 0 Å². The van der Waals surface area contributed by atoms with Gasteiger partial charge < -0.3 is 24.4 Å². The van der Waals surface area contributed by atoms with Crippen LogP contribution in [0, 0.1) is 0 Å². The molecule has 0 bridgehead atoms. The first-order valence-electron chi connectivity index (χ1n) is 20.6. The van der Waals surface area contributed by atoms with Crippen molar-refractivity contribution in [2.45, 2.75) is 206 Å². The maximum absolute atomic E-state index is 12.2. The molecule has 0 aromatic heterocycles. The molecule has 0 saturated heterocycles. The van der Waals surface area contributed by atoms with E-state index in [4.69, 9.17) is 14.2 Å². The van der Waals surface area contributed by atoms with Crippen LogP contribution >= 0.6 is 0 Å². The molecular formula is C42H78O7. The number of hydrogen-bond acceptors (Lipinski definition) is 7. The molecule has 0 aromatic carbocycles. The van der Waals surface area contributed by atoms with E-state index >= 15 is 0 Å². The number of ether oxygens (including phenoxy) is 3. The molecule has 2 atom stereocenters. The Bertz CT molecular complexity index is 766. The normalized spacial score (nSPS) is 13.0. The Morgan fingerprint density at radius 1 is 0.490 bits per heavy atom. The lowest BCUT2D eigenvalue weighted by Gasteiger charge is -2.21. The van der Waals surface area contributed by atoms with Crippen molar-refractivity contribution in [2.24, 2.45) is 0 Å². The molecule has 0 radical (unpaired) electrons. The Hall–Kier alpha value is -1.70. The maximum Gasteiger partial charge on any atom is 0.330 e. The second kappa shape index (κ2) is 39.1. The minimum Gasteiger partial charge on any atom is -0.463 e. The minimum absolute atomic E-state index is 0.107. The Labute approximate surface area is 302 Å². The van der Waals surface area contributed by atoms with E-state index in [1.54, 1.807) is 0 Å². The Morgan fingerprint density at radius 3 is 1.29 bits per heavy atom. The van der Waals surface area contributed by atoms with Gasteiger partial charge in [0.2, 0.25) is 0 Å². The highest BCUT2D eigenvalue weighted by molar-refractivity contribution is 5.81. The van der Waals surface area contributed by atoms with E-state index in [-0.39, 0.29) is 32.4 Å². The van der Waals surface area contributed by atoms with Gasteiger partial charge in [-0.05, 0) is 44.9 Å². The Morgan fingerprint density at radius 2 is 0.857 bits per heavy atom. The summed E-state index contributed by atoms with van der Waals surface area (Å²) in [7, 11) is 0. The van der Waals surface area contributed by atoms with Crippen molar-refractivity contribution in [1.82, 2.24) is 0 Å². The Balaban J connectivity index is 3.79. The zero-order chi connectivity index (χ0) is 35.9. The largest absolute Gasteiger partial charge is 0.463 e. The highest BCUT2D eigenvalue weighted by atomic mass is 16.6. The first-order valence-corrected chi connectivity index (χ1v) is 20.6. The molecule has 0 aromatic rings. The van der Waals surface area contributed by atoms with Crippen molar-refractivity contribution in [3.8, 4) is 0 Å². The number of carbonyl (C=O) groups is 2. The van der Waals surface area contributed by atoms with E-state index in [9.17, 15) is 19.8 Å². The van der Waals surface area contributed by atoms with Crippen LogP contribution in [0.5, 0.6) is 0 Å². The van der Waals surface area contributed by atoms with Gasteiger partial charge in [0.1, 0.15) is 25.4 Å². The fourth-order valence-electron chi connectivity index (χ4n) is 5.82. The van der Waals surface area contributed by atoms with Gasteiger partial charge in [0.05, 0.1) is 13.2 Å². The molecule has 7 heteroatoms. The molecule has 7 nitrogen and oxygen atoms in total. The van der Waals surface area contributed by atoms with Gasteiger partial charge in [-0.25, -0.2) is 4.79 Å². The van der Waals surface area contributed by atoms with Crippen LogP contribution in [-0.4, -0.2) is 60.8 Å². The average Bonchev–Trinajstić information content (AvgIpc) is 3.11. The van der Waals surface area contributed by atoms with E-state index in [2.05, 4.69) is 26.0 Å². The molecule has 0 rings (SSSR count). The first kappa shape index (κ1) is 47.3. The standard InChI is InChI=1S/C42H78O7/c1-3-5-7-9-11-13-15-17-19-21-23-25-27-29-31-33-41(45)47-37-39(35-43)49-40(36-44)38-48-42(46)34-32-30-28-26-24-22-20-18-16-14-12-10-8-6-4-2/h17,19,32,34,39-40,43-44H,3-16,18,20-31,33,35-38H2,1-2H3. The van der Waals surface area contributed by atoms with Crippen molar-refractivity contribution < 1.29 is 34.0 Å². The fourth-order valence-corrected chi connectivity index (χ4v) is 5.82. The third kappa shape index (κ3) is 35.9. The highest BCUT2D eigenvalue weighted by Gasteiger charge is 2.19. The summed E-state index contributed by atoms with van der Waals surface area (Å²) in [5.74, 6) is -0.802. The number of aliphatic hydroxyl groups is 2. The molecule has 0 aliphatic carbocycles. The zero-order valence-electron chi connectivity index (χ0n) is 32.0. The summed E-state index contributed by atoms with van der Waals surface area (Å²) in [5, 5.41) is 19.3. The molecule has 0 saturated carbocycles. The summed E-state index contributed by atoms with van der Waals surface area (Å²) in [6.45, 7) is 3.51. The van der Waals surface area contributed by atoms with Crippen molar-refractivity contribution in [2.75, 3.05) is 26.4 Å². The van der Waals surface area contributed by atoms with Crippen LogP contribution in [0.3, 0.4) is 0 Å². The number of unbranched alkanes of at least 4 members (excludes halogenated alkanes) is 24. The summed E-state index contributed by atoms with van der Waals surface area (Å²) in [6, 6.07) is 0. The lowest BCUT2D eigenvalue weighted by Crippen LogP contribution is -2.35. The highest BCUT2D eigenvalue weighted by Crippen LogP contribution is 2.14. The second-order valence-electron chi connectivity index (χ2n) is 13.8. The molecule has 0 aliphatic rings. The van der Waals surface area contributed by atoms with E-state index in [0.29, 0.717) is 6.42 Å². The van der Waals surface area contributed by atoms with Crippen LogP contribution in [0.4, 0.5) is 0 Å². The number of carbonyl (C=O) groups excluding carboxylic acids is 2. The molecule has 0 heterocycles. The predicted molar refractivity (Wildman–Crippen MR) is 204 cm³/mol. The topological polar surface area (TPSA) is 102 Å². The summed E-state index contributed by atoms with van der Waals surface area (Å²) >= 11 is 0. The predicted octanol–water partition coefficient (Wildman–Crippen LogP) is 10.9. The third-order valence-corrected chi connectivity index (χ3v) is 9.00. The average molecular weight is 695 g/mol. The van der Waals surface area contributed by atoms with Crippen molar-refractivity contribution in [1.29, 1.82) is 0 Å². The summed E-state index contributed by atoms with van der Waals surface area (Å²) in [6.07, 6.45) is 40.1. The van der Waals surface area contributed by atoms with Crippen LogP contribution in [0.1, 0.15) is 194 Å². The molecule has 0 aliphatic heterocycles. The molecule has 0 amide bonds. The first-order chi connectivity index (χ1) is 24.1. The minimum atomic E-state index is -0.806. The fraction of sp³-hybridized carbons (Fsp3) is 0.857. The number of allylic oxidation sites excluding steroid dienone is 3. The summed E-state index contributed by atoms with van der Waals surface area (Å²) in [5.41, 5.74) is 0. The van der Waals surface area contributed by atoms with Gasteiger partial charge in [-0.15, -0.1) is 0 Å². The number of aliphatic hydroxyl groups excluding tert-OH is 2. The molecule has 0 fully saturated rings. The molecular weight excluding hydrogens is 616 g/mol. The molecule has 2 unspecified atom stereocenters. The lowest BCUT2D eigenvalue weighted by molar-refractivity contribution is -0.157. The van der Waals surface area contributed by atoms with Crippen LogP contribution in [0.2, 0.25) is 0 Å². The lowest BCUT2D eigenvalue weighted by atomic mass is 10.0. The smallest absolute Gasteiger partial charge is 0.330 e. The monoisotopic (exact) mass is 695 g/mol. The Kier molecular flexibility index (Phi) is 37.7. The van der Waals surface area contributed by atoms with E-state index in [1.807, 2.05) is 6.08 Å². The summed E-state index contributed by atoms with van der Waals surface area (Å²) in [4.78, 5) is 24.2. The van der Waals surface area contributed by atoms with Crippen LogP contribution in [0.15, 0.2) is 24.3 Å². The van der Waals surface area contributed by atoms with Crippen LogP contribution < -0.4 is 0 Å². The molecule has 49 heavy (non-hydrogen) atoms. The molecule has 288 valence electrons. The van der Waals surface area contributed by atoms with Gasteiger partial charge in [0, 0.05) is 12.5 Å². The van der Waals surface area contributed by atoms with Gasteiger partial charge in [-0.1, -0.05) is 160 Å². The van der Waals surface area contributed by atoms with Gasteiger partial charge in [-0.3, -0.25) is 4.79 Å². The summed E-state index contributed by atoms with van der Waals surface area (Å²) < 4.78 is 16.1. The molecule has 0 spiro atoms. The number of esters is 2. The number of rotatable bonds is 38. The van der Waals surface area contributed by atoms with Gasteiger partial charge in [0.15, 0.2) is 0 Å². The maximum atomic E-state index is 12.2. The van der Waals surface area contributed by atoms with Crippen LogP contribution in [-0.2, 0) is 23.8 Å². The quantitative estimate of drug-likeness (QED) is 0.0287. The zero-order valence-corrected chi connectivity index (χ0v) is 32.0. The number of hydrogen-bond donors (Lipinski definition) is 2. The van der Waals surface area contributed by atoms with E-state index in [0.717, 1.165) is 38.5 Å². The van der Waals surface area contributed by atoms with E-state index < -0.39 is 18.2 Å². The van der Waals surface area contributed by atoms with Gasteiger partial charge >= 0.3 is 11.9 Å². The van der Waals surface area contributed by atoms with Crippen molar-refractivity contribution in [3.63, 3.8) is 0 Å². The third-order valence-electron chi connectivity index (χ3n) is 9.00.